The van der Waals surface area contributed by atoms with Crippen LogP contribution in [0.4, 0.5) is 11.4 Å². The zero-order valence-corrected chi connectivity index (χ0v) is 22.1. The summed E-state index contributed by atoms with van der Waals surface area (Å²) in [6.07, 6.45) is 6.08. The summed E-state index contributed by atoms with van der Waals surface area (Å²) in [7, 11) is 0. The summed E-state index contributed by atoms with van der Waals surface area (Å²) in [5, 5.41) is 8.73. The van der Waals surface area contributed by atoms with Crippen molar-refractivity contribution in [3.05, 3.63) is 83.9 Å². The van der Waals surface area contributed by atoms with E-state index in [1.165, 1.54) is 36.9 Å². The standard InChI is InChI=1S/C32H38N4O/c1-3-34(4-2)32(33)24-14-17-29-31(20-24)37-30-13-9-8-12-28(30)36(29)27-21-25-15-16-26(22-27)35(25)19-18-23-10-6-5-7-11-23/h5-14,17,20,25-27,33H,3-4,15-16,18-19,21-22H2,1-2H3/t25-,26+,27?. The number of nitrogens with one attached hydrogen (secondary N) is 1. The first-order valence-corrected chi connectivity index (χ1v) is 14.0. The van der Waals surface area contributed by atoms with Crippen molar-refractivity contribution in [1.29, 1.82) is 5.41 Å². The molecule has 0 aromatic heterocycles. The lowest BCUT2D eigenvalue weighted by atomic mass is 9.93. The van der Waals surface area contributed by atoms with Gasteiger partial charge in [-0.3, -0.25) is 10.3 Å². The molecule has 2 bridgehead atoms. The molecule has 0 aliphatic carbocycles. The van der Waals surface area contributed by atoms with Gasteiger partial charge in [0.15, 0.2) is 11.5 Å². The van der Waals surface area contributed by atoms with Gasteiger partial charge in [0.05, 0.1) is 11.4 Å². The molecule has 37 heavy (non-hydrogen) atoms. The molecule has 0 radical (unpaired) electrons. The van der Waals surface area contributed by atoms with Crippen LogP contribution in [-0.4, -0.2) is 53.4 Å². The van der Waals surface area contributed by atoms with Crippen LogP contribution in [0, 0.1) is 5.41 Å². The van der Waals surface area contributed by atoms with Gasteiger partial charge in [-0.1, -0.05) is 42.5 Å². The molecule has 0 amide bonds. The molecule has 3 aromatic carbocycles. The van der Waals surface area contributed by atoms with Crippen LogP contribution in [0.25, 0.3) is 0 Å². The summed E-state index contributed by atoms with van der Waals surface area (Å²) in [6.45, 7) is 7.01. The van der Waals surface area contributed by atoms with Crippen molar-refractivity contribution in [1.82, 2.24) is 9.80 Å². The number of hydrogen-bond donors (Lipinski definition) is 1. The van der Waals surface area contributed by atoms with Gasteiger partial charge in [0.25, 0.3) is 0 Å². The minimum Gasteiger partial charge on any atom is -0.453 e. The lowest BCUT2D eigenvalue weighted by molar-refractivity contribution is 0.129. The van der Waals surface area contributed by atoms with Crippen LogP contribution >= 0.6 is 0 Å². The molecular weight excluding hydrogens is 456 g/mol. The highest BCUT2D eigenvalue weighted by Gasteiger charge is 2.44. The lowest BCUT2D eigenvalue weighted by Crippen LogP contribution is -2.50. The highest BCUT2D eigenvalue weighted by Crippen LogP contribution is 2.51. The average Bonchev–Trinajstić information content (AvgIpc) is 3.17. The Hall–Kier alpha value is -3.31. The van der Waals surface area contributed by atoms with Crippen molar-refractivity contribution < 1.29 is 4.74 Å². The van der Waals surface area contributed by atoms with E-state index in [4.69, 9.17) is 10.1 Å². The van der Waals surface area contributed by atoms with Crippen molar-refractivity contribution >= 4 is 17.2 Å². The highest BCUT2D eigenvalue weighted by atomic mass is 16.5. The first-order valence-electron chi connectivity index (χ1n) is 14.0. The van der Waals surface area contributed by atoms with Gasteiger partial charge in [0, 0.05) is 43.3 Å². The summed E-state index contributed by atoms with van der Waals surface area (Å²) in [4.78, 5) is 7.43. The number of hydrogen-bond acceptors (Lipinski definition) is 4. The van der Waals surface area contributed by atoms with Crippen molar-refractivity contribution in [2.75, 3.05) is 24.5 Å². The minimum absolute atomic E-state index is 0.447. The summed E-state index contributed by atoms with van der Waals surface area (Å²) in [5.41, 5.74) is 4.66. The first kappa shape index (κ1) is 24.1. The Balaban J connectivity index is 1.26. The number of ether oxygens (including phenoxy) is 1. The average molecular weight is 495 g/mol. The van der Waals surface area contributed by atoms with Crippen molar-refractivity contribution in [3.63, 3.8) is 0 Å². The smallest absolute Gasteiger partial charge is 0.151 e. The van der Waals surface area contributed by atoms with E-state index in [1.807, 2.05) is 0 Å². The Labute approximate surface area is 221 Å². The number of amidine groups is 1. The normalized spacial score (nSPS) is 22.2. The topological polar surface area (TPSA) is 42.8 Å². The van der Waals surface area contributed by atoms with E-state index in [2.05, 4.69) is 101 Å². The Kier molecular flexibility index (Phi) is 6.64. The molecule has 3 aliphatic heterocycles. The summed E-state index contributed by atoms with van der Waals surface area (Å²) in [6, 6.07) is 27.5. The first-order chi connectivity index (χ1) is 18.2. The molecule has 3 heterocycles. The lowest BCUT2D eigenvalue weighted by Gasteiger charge is -2.46. The van der Waals surface area contributed by atoms with E-state index in [-0.39, 0.29) is 0 Å². The van der Waals surface area contributed by atoms with Crippen molar-refractivity contribution in [2.24, 2.45) is 0 Å². The maximum atomic E-state index is 8.73. The van der Waals surface area contributed by atoms with Crippen LogP contribution in [-0.2, 0) is 6.42 Å². The van der Waals surface area contributed by atoms with Crippen LogP contribution < -0.4 is 9.64 Å². The van der Waals surface area contributed by atoms with Crippen LogP contribution in [0.5, 0.6) is 11.5 Å². The summed E-state index contributed by atoms with van der Waals surface area (Å²) >= 11 is 0. The summed E-state index contributed by atoms with van der Waals surface area (Å²) < 4.78 is 6.45. The molecule has 3 aliphatic rings. The second-order valence-corrected chi connectivity index (χ2v) is 10.6. The third-order valence-electron chi connectivity index (χ3n) is 8.64. The number of benzene rings is 3. The maximum Gasteiger partial charge on any atom is 0.151 e. The molecule has 0 saturated carbocycles. The molecule has 192 valence electrons. The fourth-order valence-corrected chi connectivity index (χ4v) is 6.77. The quantitative estimate of drug-likeness (QED) is 0.289. The van der Waals surface area contributed by atoms with Gasteiger partial charge in [-0.2, -0.15) is 0 Å². The zero-order valence-electron chi connectivity index (χ0n) is 22.1. The van der Waals surface area contributed by atoms with Gasteiger partial charge in [-0.15, -0.1) is 0 Å². The Morgan fingerprint density at radius 3 is 2.24 bits per heavy atom. The van der Waals surface area contributed by atoms with E-state index in [0.717, 1.165) is 48.8 Å². The van der Waals surface area contributed by atoms with Gasteiger partial charge >= 0.3 is 0 Å². The Bertz CT molecular complexity index is 1240. The number of piperidine rings is 1. The van der Waals surface area contributed by atoms with Gasteiger partial charge in [-0.05, 0) is 81.8 Å². The van der Waals surface area contributed by atoms with E-state index < -0.39 is 0 Å². The molecule has 3 aromatic rings. The largest absolute Gasteiger partial charge is 0.453 e. The number of rotatable bonds is 7. The van der Waals surface area contributed by atoms with Crippen LogP contribution in [0.1, 0.15) is 50.7 Å². The third-order valence-corrected chi connectivity index (χ3v) is 8.64. The monoisotopic (exact) mass is 494 g/mol. The molecule has 3 atom stereocenters. The van der Waals surface area contributed by atoms with Crippen LogP contribution in [0.15, 0.2) is 72.8 Å². The maximum absolute atomic E-state index is 8.73. The predicted octanol–water partition coefficient (Wildman–Crippen LogP) is 6.84. The van der Waals surface area contributed by atoms with E-state index in [0.29, 0.717) is 24.0 Å². The summed E-state index contributed by atoms with van der Waals surface area (Å²) in [5.74, 6) is 2.35. The third kappa shape index (κ3) is 4.50. The SMILES string of the molecule is CCN(CC)C(=N)c1ccc2c(c1)Oc1ccccc1N2C1C[C@H]2CC[C@@H](C1)N2CCc1ccccc1. The van der Waals surface area contributed by atoms with Gasteiger partial charge in [-0.25, -0.2) is 0 Å². The molecular formula is C32H38N4O. The molecule has 6 rings (SSSR count). The Morgan fingerprint density at radius 1 is 0.838 bits per heavy atom. The Morgan fingerprint density at radius 2 is 1.51 bits per heavy atom. The minimum atomic E-state index is 0.447. The molecule has 0 spiro atoms. The second-order valence-electron chi connectivity index (χ2n) is 10.6. The zero-order chi connectivity index (χ0) is 25.4. The van der Waals surface area contributed by atoms with E-state index in [1.54, 1.807) is 0 Å². The number of para-hydroxylation sites is 2. The number of fused-ring (bicyclic) bond motifs is 4. The molecule has 5 nitrogen and oxygen atoms in total. The van der Waals surface area contributed by atoms with Gasteiger partial charge in [0.1, 0.15) is 5.84 Å². The number of anilines is 2. The van der Waals surface area contributed by atoms with Crippen LogP contribution in [0.3, 0.4) is 0 Å². The van der Waals surface area contributed by atoms with Crippen molar-refractivity contribution in [2.45, 2.75) is 64.1 Å². The second kappa shape index (κ2) is 10.2. The predicted molar refractivity (Wildman–Crippen MR) is 152 cm³/mol. The van der Waals surface area contributed by atoms with E-state index in [9.17, 15) is 0 Å². The molecule has 1 unspecified atom stereocenters. The fraction of sp³-hybridized carbons (Fsp3) is 0.406. The molecule has 2 saturated heterocycles. The van der Waals surface area contributed by atoms with E-state index >= 15 is 0 Å². The fourth-order valence-electron chi connectivity index (χ4n) is 6.77. The molecule has 5 heteroatoms. The molecule has 1 N–H and O–H groups in total. The van der Waals surface area contributed by atoms with Gasteiger partial charge < -0.3 is 14.5 Å². The van der Waals surface area contributed by atoms with Crippen molar-refractivity contribution in [3.8, 4) is 11.5 Å². The van der Waals surface area contributed by atoms with Gasteiger partial charge in [0.2, 0.25) is 0 Å². The van der Waals surface area contributed by atoms with Crippen LogP contribution in [0.2, 0.25) is 0 Å². The molecule has 2 fully saturated rings. The number of nitrogens with zero attached hydrogens (tertiary/aromatic N) is 3. The highest BCUT2D eigenvalue weighted by molar-refractivity contribution is 5.98.